The minimum absolute atomic E-state index is 0.237. The van der Waals surface area contributed by atoms with Gasteiger partial charge >= 0.3 is 0 Å². The topological polar surface area (TPSA) is 12.0 Å². The molecule has 1 saturated carbocycles. The SMILES string of the molecule is CCCNC(CCc1ccc(F)c(Cl)c1)C1CCCC1. The zero-order valence-corrected chi connectivity index (χ0v) is 13.1. The van der Waals surface area contributed by atoms with Crippen molar-refractivity contribution in [1.29, 1.82) is 0 Å². The van der Waals surface area contributed by atoms with Gasteiger partial charge in [0.15, 0.2) is 0 Å². The van der Waals surface area contributed by atoms with Crippen LogP contribution in [0.25, 0.3) is 0 Å². The molecule has 0 heterocycles. The smallest absolute Gasteiger partial charge is 0.141 e. The molecule has 1 aliphatic rings. The van der Waals surface area contributed by atoms with Crippen molar-refractivity contribution in [1.82, 2.24) is 5.32 Å². The molecule has 0 spiro atoms. The third-order valence-corrected chi connectivity index (χ3v) is 4.64. The lowest BCUT2D eigenvalue weighted by Gasteiger charge is -2.25. The van der Waals surface area contributed by atoms with Crippen LogP contribution < -0.4 is 5.32 Å². The largest absolute Gasteiger partial charge is 0.314 e. The number of hydrogen-bond acceptors (Lipinski definition) is 1. The second-order valence-corrected chi connectivity index (χ2v) is 6.30. The summed E-state index contributed by atoms with van der Waals surface area (Å²) in [6, 6.07) is 5.69. The highest BCUT2D eigenvalue weighted by Gasteiger charge is 2.24. The highest BCUT2D eigenvalue weighted by atomic mass is 35.5. The van der Waals surface area contributed by atoms with E-state index in [1.54, 1.807) is 6.07 Å². The lowest BCUT2D eigenvalue weighted by atomic mass is 9.92. The predicted molar refractivity (Wildman–Crippen MR) is 83.8 cm³/mol. The summed E-state index contributed by atoms with van der Waals surface area (Å²) in [5.74, 6) is 0.490. The predicted octanol–water partition coefficient (Wildman–Crippen LogP) is 4.97. The van der Waals surface area contributed by atoms with Gasteiger partial charge in [-0.15, -0.1) is 0 Å². The molecule has 1 N–H and O–H groups in total. The van der Waals surface area contributed by atoms with Gasteiger partial charge < -0.3 is 5.32 Å². The fourth-order valence-electron chi connectivity index (χ4n) is 3.21. The van der Waals surface area contributed by atoms with Crippen LogP contribution in [0.15, 0.2) is 18.2 Å². The molecule has 112 valence electrons. The van der Waals surface area contributed by atoms with E-state index in [0.29, 0.717) is 6.04 Å². The number of hydrogen-bond donors (Lipinski definition) is 1. The molecule has 0 amide bonds. The number of benzene rings is 1. The zero-order chi connectivity index (χ0) is 14.4. The van der Waals surface area contributed by atoms with Crippen LogP contribution in [-0.2, 0) is 6.42 Å². The van der Waals surface area contributed by atoms with Gasteiger partial charge in [0.1, 0.15) is 5.82 Å². The molecular formula is C17H25ClFN. The fourth-order valence-corrected chi connectivity index (χ4v) is 3.41. The Bertz CT molecular complexity index is 415. The Balaban J connectivity index is 1.91. The van der Waals surface area contributed by atoms with E-state index in [-0.39, 0.29) is 10.8 Å². The summed E-state index contributed by atoms with van der Waals surface area (Å²) in [7, 11) is 0. The van der Waals surface area contributed by atoms with Crippen molar-refractivity contribution < 1.29 is 4.39 Å². The van der Waals surface area contributed by atoms with Crippen molar-refractivity contribution in [2.45, 2.75) is 57.9 Å². The van der Waals surface area contributed by atoms with E-state index in [9.17, 15) is 4.39 Å². The van der Waals surface area contributed by atoms with Crippen LogP contribution in [0.2, 0.25) is 5.02 Å². The molecule has 1 aliphatic carbocycles. The van der Waals surface area contributed by atoms with Crippen LogP contribution in [0.1, 0.15) is 51.0 Å². The summed E-state index contributed by atoms with van der Waals surface area (Å²) in [4.78, 5) is 0. The molecule has 0 aromatic heterocycles. The highest BCUT2D eigenvalue weighted by molar-refractivity contribution is 6.30. The summed E-state index contributed by atoms with van der Waals surface area (Å²) in [6.07, 6.45) is 8.71. The quantitative estimate of drug-likeness (QED) is 0.749. The third-order valence-electron chi connectivity index (χ3n) is 4.35. The zero-order valence-electron chi connectivity index (χ0n) is 12.3. The van der Waals surface area contributed by atoms with Crippen molar-refractivity contribution >= 4 is 11.6 Å². The first-order chi connectivity index (χ1) is 9.70. The summed E-state index contributed by atoms with van der Waals surface area (Å²) in [5, 5.41) is 3.94. The van der Waals surface area contributed by atoms with Crippen LogP contribution in [0, 0.1) is 11.7 Å². The third kappa shape index (κ3) is 4.46. The Labute approximate surface area is 126 Å². The van der Waals surface area contributed by atoms with Crippen LogP contribution in [-0.4, -0.2) is 12.6 Å². The highest BCUT2D eigenvalue weighted by Crippen LogP contribution is 2.30. The summed E-state index contributed by atoms with van der Waals surface area (Å²) >= 11 is 5.85. The Hall–Kier alpha value is -0.600. The lowest BCUT2D eigenvalue weighted by Crippen LogP contribution is -2.36. The Morgan fingerprint density at radius 1 is 1.35 bits per heavy atom. The van der Waals surface area contributed by atoms with E-state index < -0.39 is 0 Å². The first-order valence-corrected chi connectivity index (χ1v) is 8.25. The van der Waals surface area contributed by atoms with Crippen LogP contribution in [0.5, 0.6) is 0 Å². The molecule has 1 unspecified atom stereocenters. The van der Waals surface area contributed by atoms with Gasteiger partial charge in [-0.05, 0) is 62.3 Å². The molecule has 1 aromatic carbocycles. The molecule has 1 aromatic rings. The Morgan fingerprint density at radius 3 is 2.75 bits per heavy atom. The van der Waals surface area contributed by atoms with Gasteiger partial charge in [-0.25, -0.2) is 4.39 Å². The first kappa shape index (κ1) is 15.8. The molecule has 3 heteroatoms. The van der Waals surface area contributed by atoms with Crippen molar-refractivity contribution in [3.63, 3.8) is 0 Å². The van der Waals surface area contributed by atoms with Gasteiger partial charge in [0, 0.05) is 6.04 Å². The maximum Gasteiger partial charge on any atom is 0.141 e. The standard InChI is InChI=1S/C17H25ClFN/c1-2-11-20-17(14-5-3-4-6-14)10-8-13-7-9-16(19)15(18)12-13/h7,9,12,14,17,20H,2-6,8,10-11H2,1H3. The van der Waals surface area contributed by atoms with Crippen molar-refractivity contribution in [3.8, 4) is 0 Å². The molecule has 0 bridgehead atoms. The molecule has 2 rings (SSSR count). The van der Waals surface area contributed by atoms with Crippen molar-refractivity contribution in [2.75, 3.05) is 6.54 Å². The summed E-state index contributed by atoms with van der Waals surface area (Å²) in [5.41, 5.74) is 1.14. The molecular weight excluding hydrogens is 273 g/mol. The Kier molecular flexibility index (Phi) is 6.31. The molecule has 1 atom stereocenters. The van der Waals surface area contributed by atoms with Crippen molar-refractivity contribution in [2.24, 2.45) is 5.92 Å². The van der Waals surface area contributed by atoms with Gasteiger partial charge in [-0.2, -0.15) is 0 Å². The molecule has 0 saturated heterocycles. The maximum atomic E-state index is 13.2. The summed E-state index contributed by atoms with van der Waals surface area (Å²) in [6.45, 7) is 3.30. The second-order valence-electron chi connectivity index (χ2n) is 5.89. The molecule has 1 nitrogen and oxygen atoms in total. The molecule has 1 fully saturated rings. The van der Waals surface area contributed by atoms with E-state index in [2.05, 4.69) is 12.2 Å². The Morgan fingerprint density at radius 2 is 2.10 bits per heavy atom. The minimum Gasteiger partial charge on any atom is -0.314 e. The molecule has 0 radical (unpaired) electrons. The average Bonchev–Trinajstić information content (AvgIpc) is 2.97. The van der Waals surface area contributed by atoms with E-state index in [1.165, 1.54) is 38.2 Å². The number of nitrogens with one attached hydrogen (secondary N) is 1. The first-order valence-electron chi connectivity index (χ1n) is 7.88. The van der Waals surface area contributed by atoms with Crippen LogP contribution in [0.4, 0.5) is 4.39 Å². The molecule has 20 heavy (non-hydrogen) atoms. The van der Waals surface area contributed by atoms with Gasteiger partial charge in [-0.3, -0.25) is 0 Å². The van der Waals surface area contributed by atoms with E-state index in [4.69, 9.17) is 11.6 Å². The monoisotopic (exact) mass is 297 g/mol. The van der Waals surface area contributed by atoms with Crippen molar-refractivity contribution in [3.05, 3.63) is 34.6 Å². The minimum atomic E-state index is -0.327. The second kappa shape index (κ2) is 7.99. The van der Waals surface area contributed by atoms with Gasteiger partial charge in [0.2, 0.25) is 0 Å². The number of rotatable bonds is 7. The number of halogens is 2. The van der Waals surface area contributed by atoms with Crippen LogP contribution in [0.3, 0.4) is 0 Å². The molecule has 0 aliphatic heterocycles. The maximum absolute atomic E-state index is 13.2. The fraction of sp³-hybridized carbons (Fsp3) is 0.647. The van der Waals surface area contributed by atoms with E-state index in [0.717, 1.165) is 30.9 Å². The van der Waals surface area contributed by atoms with E-state index >= 15 is 0 Å². The summed E-state index contributed by atoms with van der Waals surface area (Å²) < 4.78 is 13.2. The van der Waals surface area contributed by atoms with Gasteiger partial charge in [0.05, 0.1) is 5.02 Å². The van der Waals surface area contributed by atoms with Gasteiger partial charge in [-0.1, -0.05) is 37.4 Å². The lowest BCUT2D eigenvalue weighted by molar-refractivity contribution is 0.341. The van der Waals surface area contributed by atoms with Crippen LogP contribution >= 0.6 is 11.6 Å². The average molecular weight is 298 g/mol. The van der Waals surface area contributed by atoms with Gasteiger partial charge in [0.25, 0.3) is 0 Å². The number of aryl methyl sites for hydroxylation is 1. The normalized spacial score (nSPS) is 17.6. The van der Waals surface area contributed by atoms with E-state index in [1.807, 2.05) is 6.07 Å².